The number of benzene rings is 2. The number of thiophene rings is 1. The van der Waals surface area contributed by atoms with E-state index in [1.165, 1.54) is 11.3 Å². The number of rotatable bonds is 5. The molecule has 1 N–H and O–H groups in total. The smallest absolute Gasteiger partial charge is 0.269 e. The van der Waals surface area contributed by atoms with Crippen LogP contribution in [0, 0.1) is 0 Å². The van der Waals surface area contributed by atoms with E-state index in [0.29, 0.717) is 22.0 Å². The Hall–Kier alpha value is -3.03. The van der Waals surface area contributed by atoms with Crippen LogP contribution >= 0.6 is 22.9 Å². The number of carbonyl (C=O) groups is 1. The molecule has 4 rings (SSSR count). The van der Waals surface area contributed by atoms with E-state index < -0.39 is 0 Å². The summed E-state index contributed by atoms with van der Waals surface area (Å²) < 4.78 is 9.67. The fraction of sp³-hybridized carbons (Fsp3) is 0. The van der Waals surface area contributed by atoms with Crippen molar-refractivity contribution in [1.82, 2.24) is 9.59 Å². The fourth-order valence-corrected chi connectivity index (χ4v) is 3.69. The lowest BCUT2D eigenvalue weighted by atomic mass is 10.2. The van der Waals surface area contributed by atoms with Crippen LogP contribution in [0.5, 0.6) is 11.5 Å². The summed E-state index contributed by atoms with van der Waals surface area (Å²) in [5.74, 6) is 1.24. The van der Waals surface area contributed by atoms with Gasteiger partial charge in [-0.1, -0.05) is 28.8 Å². The molecule has 5 nitrogen and oxygen atoms in total. The second-order valence-electron chi connectivity index (χ2n) is 5.32. The molecule has 26 heavy (non-hydrogen) atoms. The summed E-state index contributed by atoms with van der Waals surface area (Å²) in [4.78, 5) is 14.0. The van der Waals surface area contributed by atoms with Crippen molar-refractivity contribution in [3.63, 3.8) is 0 Å². The van der Waals surface area contributed by atoms with Crippen LogP contribution in [0.1, 0.15) is 9.67 Å². The molecule has 0 bridgehead atoms. The molecule has 0 unspecified atom stereocenters. The SMILES string of the molecule is O=C(Nc1ccc(Oc2ccccc2)cc1)c1snnc1-c1cccs1. The molecule has 0 saturated carbocycles. The zero-order valence-corrected chi connectivity index (χ0v) is 15.1. The summed E-state index contributed by atoms with van der Waals surface area (Å²) in [5, 5.41) is 8.90. The molecule has 0 aliphatic rings. The summed E-state index contributed by atoms with van der Waals surface area (Å²) in [7, 11) is 0. The summed E-state index contributed by atoms with van der Waals surface area (Å²) in [5.41, 5.74) is 1.30. The first-order valence-electron chi connectivity index (χ1n) is 7.80. The van der Waals surface area contributed by atoms with Gasteiger partial charge in [0.25, 0.3) is 5.91 Å². The molecule has 2 aromatic heterocycles. The lowest BCUT2D eigenvalue weighted by Crippen LogP contribution is -2.11. The molecule has 0 fully saturated rings. The van der Waals surface area contributed by atoms with E-state index in [9.17, 15) is 4.79 Å². The van der Waals surface area contributed by atoms with Crippen LogP contribution in [0.4, 0.5) is 5.69 Å². The van der Waals surface area contributed by atoms with E-state index in [1.807, 2.05) is 60.0 Å². The molecular weight excluding hydrogens is 366 g/mol. The number of amides is 1. The maximum absolute atomic E-state index is 12.6. The molecule has 0 radical (unpaired) electrons. The minimum Gasteiger partial charge on any atom is -0.457 e. The van der Waals surface area contributed by atoms with Crippen molar-refractivity contribution in [2.45, 2.75) is 0 Å². The van der Waals surface area contributed by atoms with Crippen LogP contribution < -0.4 is 10.1 Å². The maximum Gasteiger partial charge on any atom is 0.269 e. The van der Waals surface area contributed by atoms with Gasteiger partial charge in [-0.3, -0.25) is 4.79 Å². The second kappa shape index (κ2) is 7.47. The third-order valence-corrected chi connectivity index (χ3v) is 5.14. The Balaban J connectivity index is 1.46. The van der Waals surface area contributed by atoms with Gasteiger partial charge in [0.15, 0.2) is 0 Å². The van der Waals surface area contributed by atoms with Gasteiger partial charge in [0.1, 0.15) is 22.1 Å². The fourth-order valence-electron chi connectivity index (χ4n) is 2.33. The predicted molar refractivity (Wildman–Crippen MR) is 104 cm³/mol. The number of carbonyl (C=O) groups excluding carboxylic acids is 1. The number of aromatic nitrogens is 2. The average molecular weight is 379 g/mol. The number of para-hydroxylation sites is 1. The lowest BCUT2D eigenvalue weighted by molar-refractivity contribution is 0.103. The van der Waals surface area contributed by atoms with Crippen molar-refractivity contribution in [3.05, 3.63) is 77.0 Å². The van der Waals surface area contributed by atoms with Gasteiger partial charge in [-0.25, -0.2) is 0 Å². The zero-order valence-electron chi connectivity index (χ0n) is 13.5. The summed E-state index contributed by atoms with van der Waals surface area (Å²) in [6.07, 6.45) is 0. The van der Waals surface area contributed by atoms with E-state index in [4.69, 9.17) is 4.74 Å². The van der Waals surface area contributed by atoms with Crippen LogP contribution in [0.25, 0.3) is 10.6 Å². The molecular formula is C19H13N3O2S2. The van der Waals surface area contributed by atoms with Crippen LogP contribution in [0.15, 0.2) is 72.1 Å². The number of nitrogens with zero attached hydrogens (tertiary/aromatic N) is 2. The van der Waals surface area contributed by atoms with E-state index >= 15 is 0 Å². The molecule has 4 aromatic rings. The van der Waals surface area contributed by atoms with Gasteiger partial charge in [0.05, 0.1) is 4.88 Å². The van der Waals surface area contributed by atoms with Gasteiger partial charge in [0, 0.05) is 5.69 Å². The van der Waals surface area contributed by atoms with Crippen LogP contribution in [0.3, 0.4) is 0 Å². The van der Waals surface area contributed by atoms with Gasteiger partial charge >= 0.3 is 0 Å². The number of nitrogens with one attached hydrogen (secondary N) is 1. The van der Waals surface area contributed by atoms with Gasteiger partial charge in [0.2, 0.25) is 0 Å². The molecule has 0 spiro atoms. The Labute approximate surface area is 158 Å². The minimum absolute atomic E-state index is 0.222. The number of anilines is 1. The maximum atomic E-state index is 12.6. The molecule has 0 aliphatic carbocycles. The third kappa shape index (κ3) is 3.63. The van der Waals surface area contributed by atoms with Crippen molar-refractivity contribution in [3.8, 4) is 22.1 Å². The Kier molecular flexibility index (Phi) is 4.72. The quantitative estimate of drug-likeness (QED) is 0.510. The molecule has 7 heteroatoms. The first kappa shape index (κ1) is 16.4. The highest BCUT2D eigenvalue weighted by Crippen LogP contribution is 2.29. The summed E-state index contributed by atoms with van der Waals surface area (Å²) >= 11 is 2.62. The Morgan fingerprint density at radius 3 is 2.42 bits per heavy atom. The minimum atomic E-state index is -0.222. The average Bonchev–Trinajstić information content (AvgIpc) is 3.35. The summed E-state index contributed by atoms with van der Waals surface area (Å²) in [6.45, 7) is 0. The highest BCUT2D eigenvalue weighted by atomic mass is 32.1. The largest absolute Gasteiger partial charge is 0.457 e. The Morgan fingerprint density at radius 2 is 1.69 bits per heavy atom. The van der Waals surface area contributed by atoms with Gasteiger partial charge in [-0.15, -0.1) is 16.4 Å². The summed E-state index contributed by atoms with van der Waals surface area (Å²) in [6, 6.07) is 20.6. The molecule has 0 atom stereocenters. The van der Waals surface area contributed by atoms with Crippen LogP contribution in [0.2, 0.25) is 0 Å². The second-order valence-corrected chi connectivity index (χ2v) is 7.02. The van der Waals surface area contributed by atoms with Gasteiger partial charge in [-0.05, 0) is 59.4 Å². The lowest BCUT2D eigenvalue weighted by Gasteiger charge is -2.07. The van der Waals surface area contributed by atoms with E-state index in [1.54, 1.807) is 12.1 Å². The normalized spacial score (nSPS) is 10.5. The van der Waals surface area contributed by atoms with Crippen LogP contribution in [-0.4, -0.2) is 15.5 Å². The predicted octanol–water partition coefficient (Wildman–Crippen LogP) is 5.31. The van der Waals surface area contributed by atoms with Crippen molar-refractivity contribution < 1.29 is 9.53 Å². The first-order valence-corrected chi connectivity index (χ1v) is 9.45. The number of ether oxygens (including phenoxy) is 1. The van der Waals surface area contributed by atoms with Gasteiger partial charge in [-0.2, -0.15) is 0 Å². The Bertz CT molecular complexity index is 997. The van der Waals surface area contributed by atoms with Crippen molar-refractivity contribution in [1.29, 1.82) is 0 Å². The standard InChI is InChI=1S/C19H13N3O2S2/c23-19(18-17(21-22-26-18)16-7-4-12-25-16)20-13-8-10-15(11-9-13)24-14-5-2-1-3-6-14/h1-12H,(H,20,23). The monoisotopic (exact) mass is 379 g/mol. The Morgan fingerprint density at radius 1 is 0.923 bits per heavy atom. The highest BCUT2D eigenvalue weighted by molar-refractivity contribution is 7.14. The first-order chi connectivity index (χ1) is 12.8. The molecule has 0 saturated heterocycles. The molecule has 128 valence electrons. The number of hydrogen-bond donors (Lipinski definition) is 1. The van der Waals surface area contributed by atoms with E-state index in [0.717, 1.165) is 22.2 Å². The van der Waals surface area contributed by atoms with Crippen LogP contribution in [-0.2, 0) is 0 Å². The van der Waals surface area contributed by atoms with Crippen molar-refractivity contribution in [2.24, 2.45) is 0 Å². The van der Waals surface area contributed by atoms with E-state index in [2.05, 4.69) is 14.9 Å². The molecule has 1 amide bonds. The van der Waals surface area contributed by atoms with Crippen molar-refractivity contribution in [2.75, 3.05) is 5.32 Å². The van der Waals surface area contributed by atoms with Gasteiger partial charge < -0.3 is 10.1 Å². The topological polar surface area (TPSA) is 64.1 Å². The third-order valence-electron chi connectivity index (χ3n) is 3.54. The molecule has 2 heterocycles. The van der Waals surface area contributed by atoms with Crippen molar-refractivity contribution >= 4 is 34.5 Å². The van der Waals surface area contributed by atoms with E-state index in [-0.39, 0.29) is 5.91 Å². The molecule has 2 aromatic carbocycles. The zero-order chi connectivity index (χ0) is 17.8. The molecule has 0 aliphatic heterocycles. The number of hydrogen-bond acceptors (Lipinski definition) is 6. The highest BCUT2D eigenvalue weighted by Gasteiger charge is 2.18.